The van der Waals surface area contributed by atoms with E-state index in [1.54, 1.807) is 40.7 Å². The van der Waals surface area contributed by atoms with Crippen LogP contribution >= 0.6 is 0 Å². The van der Waals surface area contributed by atoms with Crippen LogP contribution in [0.5, 0.6) is 5.75 Å². The molecule has 0 unspecified atom stereocenters. The van der Waals surface area contributed by atoms with Gasteiger partial charge in [0.05, 0.1) is 25.4 Å². The van der Waals surface area contributed by atoms with Crippen molar-refractivity contribution in [3.63, 3.8) is 0 Å². The molecule has 208 valence electrons. The van der Waals surface area contributed by atoms with Gasteiger partial charge in [0.2, 0.25) is 0 Å². The first-order valence-corrected chi connectivity index (χ1v) is 12.5. The van der Waals surface area contributed by atoms with E-state index in [4.69, 9.17) is 18.9 Å². The number of amides is 1. The van der Waals surface area contributed by atoms with E-state index in [0.29, 0.717) is 12.8 Å². The third-order valence-electron chi connectivity index (χ3n) is 5.72. The summed E-state index contributed by atoms with van der Waals surface area (Å²) in [6.45, 7) is 8.92. The lowest BCUT2D eigenvalue weighted by atomic mass is 9.97. The molecule has 1 fully saturated rings. The fourth-order valence-electron chi connectivity index (χ4n) is 3.76. The van der Waals surface area contributed by atoms with Crippen molar-refractivity contribution in [1.29, 1.82) is 0 Å². The van der Waals surface area contributed by atoms with Crippen LogP contribution in [0, 0.1) is 0 Å². The number of benzene rings is 2. The monoisotopic (exact) mass is 535 g/mol. The minimum atomic E-state index is -4.61. The van der Waals surface area contributed by atoms with Crippen molar-refractivity contribution < 1.29 is 36.9 Å². The lowest BCUT2D eigenvalue weighted by Crippen LogP contribution is -2.60. The normalized spacial score (nSPS) is 17.3. The number of nitrogens with one attached hydrogen (secondary N) is 1. The second kappa shape index (κ2) is 11.8. The highest BCUT2D eigenvalue weighted by molar-refractivity contribution is 5.70. The molecule has 3 rings (SSSR count). The van der Waals surface area contributed by atoms with Gasteiger partial charge in [-0.25, -0.2) is 4.79 Å². The van der Waals surface area contributed by atoms with Gasteiger partial charge in [0, 0.05) is 0 Å². The zero-order valence-electron chi connectivity index (χ0n) is 22.5. The Balaban J connectivity index is 1.76. The zero-order chi connectivity index (χ0) is 28.0. The Bertz CT molecular complexity index is 1100. The van der Waals surface area contributed by atoms with Gasteiger partial charge in [-0.3, -0.25) is 0 Å². The molecule has 0 bridgehead atoms. The lowest BCUT2D eigenvalue weighted by molar-refractivity contribution is -0.263. The van der Waals surface area contributed by atoms with Crippen LogP contribution in [0.4, 0.5) is 18.0 Å². The third-order valence-corrected chi connectivity index (χ3v) is 5.72. The molecule has 1 heterocycles. The summed E-state index contributed by atoms with van der Waals surface area (Å²) in [6.07, 6.45) is -0.941. The summed E-state index contributed by atoms with van der Waals surface area (Å²) in [7, 11) is 0. The molecule has 0 atom stereocenters. The van der Waals surface area contributed by atoms with Crippen molar-refractivity contribution in [2.45, 2.75) is 70.6 Å². The Morgan fingerprint density at radius 2 is 1.71 bits per heavy atom. The molecule has 1 aliphatic rings. The fourth-order valence-corrected chi connectivity index (χ4v) is 3.76. The number of halogens is 3. The number of aryl methyl sites for hydroxylation is 1. The van der Waals surface area contributed by atoms with Crippen LogP contribution in [0.2, 0.25) is 0 Å². The van der Waals surface area contributed by atoms with Gasteiger partial charge in [-0.05, 0) is 70.7 Å². The van der Waals surface area contributed by atoms with Crippen molar-refractivity contribution in [3.8, 4) is 5.75 Å². The second-order valence-corrected chi connectivity index (χ2v) is 10.8. The summed E-state index contributed by atoms with van der Waals surface area (Å²) in [5, 5.41) is 2.76. The zero-order valence-corrected chi connectivity index (χ0v) is 22.5. The Hall–Kier alpha value is -3.04. The minimum Gasteiger partial charge on any atom is -0.493 e. The standard InChI is InChI=1S/C29H36F3NO5/c1-26(2,3)38-25(34)33-28(19-36-27(4,5)37-20-28)16-15-22-13-14-24(23(18-22)29(30,31)32)35-17-9-12-21-10-7-6-8-11-21/h6-8,10-11,13-16,18H,9,12,17,19-20H2,1-5H3,(H,33,34)/b16-15+. The average molecular weight is 536 g/mol. The van der Waals surface area contributed by atoms with Gasteiger partial charge in [-0.15, -0.1) is 0 Å². The molecule has 0 aliphatic carbocycles. The molecule has 1 N–H and O–H groups in total. The van der Waals surface area contributed by atoms with E-state index < -0.39 is 34.8 Å². The van der Waals surface area contributed by atoms with E-state index in [2.05, 4.69) is 5.32 Å². The van der Waals surface area contributed by atoms with E-state index in [9.17, 15) is 18.0 Å². The van der Waals surface area contributed by atoms with Crippen molar-refractivity contribution in [2.75, 3.05) is 19.8 Å². The molecule has 0 radical (unpaired) electrons. The van der Waals surface area contributed by atoms with Gasteiger partial charge in [0.15, 0.2) is 5.79 Å². The van der Waals surface area contributed by atoms with E-state index >= 15 is 0 Å². The highest BCUT2D eigenvalue weighted by Gasteiger charge is 2.41. The summed E-state index contributed by atoms with van der Waals surface area (Å²) in [5.41, 5.74) is -1.36. The van der Waals surface area contributed by atoms with E-state index in [1.807, 2.05) is 30.3 Å². The van der Waals surface area contributed by atoms with Crippen LogP contribution in [0.3, 0.4) is 0 Å². The largest absolute Gasteiger partial charge is 0.493 e. The van der Waals surface area contributed by atoms with Crippen molar-refractivity contribution >= 4 is 12.2 Å². The topological polar surface area (TPSA) is 66.0 Å². The molecular weight excluding hydrogens is 499 g/mol. The maximum absolute atomic E-state index is 13.9. The first-order valence-electron chi connectivity index (χ1n) is 12.5. The number of alkyl halides is 3. The molecule has 1 saturated heterocycles. The van der Waals surface area contributed by atoms with Crippen LogP contribution in [0.1, 0.15) is 57.7 Å². The predicted octanol–water partition coefficient (Wildman–Crippen LogP) is 6.78. The summed E-state index contributed by atoms with van der Waals surface area (Å²) in [5.74, 6) is -1.09. The Morgan fingerprint density at radius 1 is 1.05 bits per heavy atom. The maximum Gasteiger partial charge on any atom is 0.419 e. The molecule has 2 aromatic carbocycles. The average Bonchev–Trinajstić information content (AvgIpc) is 2.82. The van der Waals surface area contributed by atoms with Gasteiger partial charge < -0.3 is 24.3 Å². The molecule has 0 aromatic heterocycles. The summed E-state index contributed by atoms with van der Waals surface area (Å²) in [4.78, 5) is 12.5. The first-order chi connectivity index (χ1) is 17.7. The summed E-state index contributed by atoms with van der Waals surface area (Å²) >= 11 is 0. The second-order valence-electron chi connectivity index (χ2n) is 10.8. The number of alkyl carbamates (subject to hydrolysis) is 1. The van der Waals surface area contributed by atoms with Gasteiger partial charge in [0.25, 0.3) is 0 Å². The molecule has 6 nitrogen and oxygen atoms in total. The SMILES string of the molecule is CC(C)(C)OC(=O)NC1(/C=C/c2ccc(OCCCc3ccccc3)c(C(F)(F)F)c2)COC(C)(C)OC1. The van der Waals surface area contributed by atoms with Gasteiger partial charge >= 0.3 is 12.3 Å². The number of carbonyl (C=O) groups excluding carboxylic acids is 1. The van der Waals surface area contributed by atoms with Crippen molar-refractivity contribution in [1.82, 2.24) is 5.32 Å². The summed E-state index contributed by atoms with van der Waals surface area (Å²) < 4.78 is 64.0. The fraction of sp³-hybridized carbons (Fsp3) is 0.483. The first kappa shape index (κ1) is 29.5. The highest BCUT2D eigenvalue weighted by atomic mass is 19.4. The molecule has 0 spiro atoms. The maximum atomic E-state index is 13.9. The molecule has 0 saturated carbocycles. The third kappa shape index (κ3) is 9.06. The van der Waals surface area contributed by atoms with E-state index in [-0.39, 0.29) is 31.1 Å². The van der Waals surface area contributed by atoms with E-state index in [0.717, 1.165) is 11.6 Å². The quantitative estimate of drug-likeness (QED) is 0.378. The Morgan fingerprint density at radius 3 is 2.32 bits per heavy atom. The number of hydrogen-bond donors (Lipinski definition) is 1. The van der Waals surface area contributed by atoms with Gasteiger partial charge in [0.1, 0.15) is 16.9 Å². The van der Waals surface area contributed by atoms with Crippen LogP contribution in [0.25, 0.3) is 6.08 Å². The molecule has 1 aliphatic heterocycles. The van der Waals surface area contributed by atoms with Crippen LogP contribution in [-0.4, -0.2) is 42.8 Å². The predicted molar refractivity (Wildman–Crippen MR) is 139 cm³/mol. The Labute approximate surface area is 222 Å². The molecule has 38 heavy (non-hydrogen) atoms. The van der Waals surface area contributed by atoms with Crippen LogP contribution < -0.4 is 10.1 Å². The van der Waals surface area contributed by atoms with Crippen molar-refractivity contribution in [3.05, 3.63) is 71.3 Å². The molecule has 2 aromatic rings. The number of ether oxygens (including phenoxy) is 4. The molecule has 1 amide bonds. The number of carbonyl (C=O) groups is 1. The minimum absolute atomic E-state index is 0.0461. The number of rotatable bonds is 8. The summed E-state index contributed by atoms with van der Waals surface area (Å²) in [6, 6.07) is 13.6. The Kier molecular flexibility index (Phi) is 9.15. The van der Waals surface area contributed by atoms with Gasteiger partial charge in [-0.1, -0.05) is 48.6 Å². The molecular formula is C29H36F3NO5. The van der Waals surface area contributed by atoms with Crippen LogP contribution in [0.15, 0.2) is 54.6 Å². The van der Waals surface area contributed by atoms with E-state index in [1.165, 1.54) is 18.2 Å². The smallest absolute Gasteiger partial charge is 0.419 e. The van der Waals surface area contributed by atoms with Gasteiger partial charge in [-0.2, -0.15) is 13.2 Å². The number of hydrogen-bond acceptors (Lipinski definition) is 5. The van der Waals surface area contributed by atoms with Crippen LogP contribution in [-0.2, 0) is 26.8 Å². The lowest BCUT2D eigenvalue weighted by Gasteiger charge is -2.42. The van der Waals surface area contributed by atoms with Crippen molar-refractivity contribution in [2.24, 2.45) is 0 Å². The highest BCUT2D eigenvalue weighted by Crippen LogP contribution is 2.37. The molecule has 9 heteroatoms.